The van der Waals surface area contributed by atoms with Crippen LogP contribution in [0, 0.1) is 6.92 Å². The lowest BCUT2D eigenvalue weighted by Gasteiger charge is -2.14. The Bertz CT molecular complexity index is 425. The molecule has 2 rings (SSSR count). The number of nitrogens with zero attached hydrogens (tertiary/aromatic N) is 1. The van der Waals surface area contributed by atoms with E-state index in [1.807, 2.05) is 18.2 Å². The second-order valence-electron chi connectivity index (χ2n) is 5.52. The summed E-state index contributed by atoms with van der Waals surface area (Å²) in [5, 5.41) is 9.45. The van der Waals surface area contributed by atoms with Crippen LogP contribution in [0.1, 0.15) is 31.2 Å². The number of halogens is 1. The Labute approximate surface area is 130 Å². The van der Waals surface area contributed by atoms with Gasteiger partial charge in [0.05, 0.1) is 12.7 Å². The van der Waals surface area contributed by atoms with Crippen molar-refractivity contribution in [2.45, 2.75) is 38.7 Å². The van der Waals surface area contributed by atoms with Gasteiger partial charge in [-0.25, -0.2) is 0 Å². The molecule has 3 nitrogen and oxygen atoms in total. The molecular formula is C16H24BrNO2. The summed E-state index contributed by atoms with van der Waals surface area (Å²) >= 11 is 3.52. The zero-order valence-corrected chi connectivity index (χ0v) is 13.7. The van der Waals surface area contributed by atoms with Crippen LogP contribution in [0.2, 0.25) is 0 Å². The maximum Gasteiger partial charge on any atom is 0.123 e. The standard InChI is InChI=1S/C16H24BrNO2/c1-13-15(17)6-5-7-16(13)20-11-4-2-3-9-18-10-8-14(19)12-18/h5-7,14,19H,2-4,8-12H2,1H3/t14-/m1/s1. The maximum absolute atomic E-state index is 9.45. The lowest BCUT2D eigenvalue weighted by Crippen LogP contribution is -2.23. The van der Waals surface area contributed by atoms with E-state index in [-0.39, 0.29) is 6.10 Å². The molecule has 20 heavy (non-hydrogen) atoms. The monoisotopic (exact) mass is 341 g/mol. The van der Waals surface area contributed by atoms with E-state index >= 15 is 0 Å². The van der Waals surface area contributed by atoms with Crippen LogP contribution in [-0.2, 0) is 0 Å². The number of ether oxygens (including phenoxy) is 1. The van der Waals surface area contributed by atoms with E-state index in [0.717, 1.165) is 49.3 Å². The number of likely N-dealkylation sites (tertiary alicyclic amines) is 1. The molecule has 1 atom stereocenters. The molecule has 112 valence electrons. The highest BCUT2D eigenvalue weighted by Gasteiger charge is 2.18. The summed E-state index contributed by atoms with van der Waals surface area (Å²) in [7, 11) is 0. The number of rotatable bonds is 7. The van der Waals surface area contributed by atoms with E-state index in [4.69, 9.17) is 4.74 Å². The largest absolute Gasteiger partial charge is 0.493 e. The summed E-state index contributed by atoms with van der Waals surface area (Å²) in [6.07, 6.45) is 4.29. The first-order valence-electron chi connectivity index (χ1n) is 7.45. The minimum absolute atomic E-state index is 0.0992. The highest BCUT2D eigenvalue weighted by Crippen LogP contribution is 2.25. The molecule has 0 amide bonds. The fourth-order valence-electron chi connectivity index (χ4n) is 2.56. The Balaban J connectivity index is 1.56. The molecule has 4 heteroatoms. The van der Waals surface area contributed by atoms with Crippen LogP contribution in [0.15, 0.2) is 22.7 Å². The fourth-order valence-corrected chi connectivity index (χ4v) is 2.90. The van der Waals surface area contributed by atoms with Crippen LogP contribution in [0.5, 0.6) is 5.75 Å². The van der Waals surface area contributed by atoms with Gasteiger partial charge in [0, 0.05) is 23.1 Å². The third-order valence-electron chi connectivity index (χ3n) is 3.84. The molecule has 0 radical (unpaired) electrons. The first kappa shape index (κ1) is 15.8. The van der Waals surface area contributed by atoms with Crippen LogP contribution in [-0.4, -0.2) is 42.4 Å². The summed E-state index contributed by atoms with van der Waals surface area (Å²) in [5.74, 6) is 0.974. The summed E-state index contributed by atoms with van der Waals surface area (Å²) in [6, 6.07) is 6.06. The number of unbranched alkanes of at least 4 members (excludes halogenated alkanes) is 2. The molecule has 0 aliphatic carbocycles. The summed E-state index contributed by atoms with van der Waals surface area (Å²) in [5.41, 5.74) is 1.17. The first-order valence-corrected chi connectivity index (χ1v) is 8.24. The SMILES string of the molecule is Cc1c(Br)cccc1OCCCCCN1CC[C@@H](O)C1. The van der Waals surface area contributed by atoms with Gasteiger partial charge in [-0.15, -0.1) is 0 Å². The van der Waals surface area contributed by atoms with Crippen molar-refractivity contribution in [2.75, 3.05) is 26.2 Å². The van der Waals surface area contributed by atoms with E-state index in [1.165, 1.54) is 18.4 Å². The second kappa shape index (κ2) is 8.01. The lowest BCUT2D eigenvalue weighted by atomic mass is 10.2. The Morgan fingerprint density at radius 2 is 2.20 bits per heavy atom. The Morgan fingerprint density at radius 1 is 1.35 bits per heavy atom. The molecule has 1 fully saturated rings. The number of aliphatic hydroxyl groups is 1. The number of hydrogen-bond donors (Lipinski definition) is 1. The zero-order chi connectivity index (χ0) is 14.4. The van der Waals surface area contributed by atoms with Gasteiger partial charge in [-0.05, 0) is 51.3 Å². The van der Waals surface area contributed by atoms with Crippen molar-refractivity contribution in [3.63, 3.8) is 0 Å². The molecule has 0 saturated carbocycles. The Morgan fingerprint density at radius 3 is 2.95 bits per heavy atom. The quantitative estimate of drug-likeness (QED) is 0.771. The molecule has 0 spiro atoms. The minimum Gasteiger partial charge on any atom is -0.493 e. The van der Waals surface area contributed by atoms with Crippen molar-refractivity contribution >= 4 is 15.9 Å². The molecule has 1 aliphatic heterocycles. The molecule has 1 aliphatic rings. The third kappa shape index (κ3) is 4.76. The number of aliphatic hydroxyl groups excluding tert-OH is 1. The third-order valence-corrected chi connectivity index (χ3v) is 4.70. The van der Waals surface area contributed by atoms with Crippen molar-refractivity contribution in [2.24, 2.45) is 0 Å². The van der Waals surface area contributed by atoms with Gasteiger partial charge in [0.2, 0.25) is 0 Å². The van der Waals surface area contributed by atoms with Crippen LogP contribution in [0.25, 0.3) is 0 Å². The smallest absolute Gasteiger partial charge is 0.123 e. The predicted octanol–water partition coefficient (Wildman–Crippen LogP) is 3.37. The molecule has 1 aromatic carbocycles. The van der Waals surface area contributed by atoms with E-state index in [2.05, 4.69) is 27.8 Å². The van der Waals surface area contributed by atoms with Gasteiger partial charge in [-0.2, -0.15) is 0 Å². The van der Waals surface area contributed by atoms with Gasteiger partial charge in [0.15, 0.2) is 0 Å². The molecule has 1 saturated heterocycles. The average molecular weight is 342 g/mol. The molecule has 1 heterocycles. The Hall–Kier alpha value is -0.580. The predicted molar refractivity (Wildman–Crippen MR) is 85.3 cm³/mol. The molecular weight excluding hydrogens is 318 g/mol. The normalized spacial score (nSPS) is 19.4. The maximum atomic E-state index is 9.45. The first-order chi connectivity index (χ1) is 9.66. The van der Waals surface area contributed by atoms with Crippen LogP contribution < -0.4 is 4.74 Å². The molecule has 0 aromatic heterocycles. The fraction of sp³-hybridized carbons (Fsp3) is 0.625. The highest BCUT2D eigenvalue weighted by molar-refractivity contribution is 9.10. The van der Waals surface area contributed by atoms with Gasteiger partial charge in [0.25, 0.3) is 0 Å². The van der Waals surface area contributed by atoms with Crippen molar-refractivity contribution in [3.8, 4) is 5.75 Å². The molecule has 0 unspecified atom stereocenters. The van der Waals surface area contributed by atoms with Gasteiger partial charge in [0.1, 0.15) is 5.75 Å². The van der Waals surface area contributed by atoms with Crippen molar-refractivity contribution in [1.29, 1.82) is 0 Å². The highest BCUT2D eigenvalue weighted by atomic mass is 79.9. The van der Waals surface area contributed by atoms with Gasteiger partial charge < -0.3 is 14.7 Å². The number of benzene rings is 1. The van der Waals surface area contributed by atoms with E-state index in [1.54, 1.807) is 0 Å². The van der Waals surface area contributed by atoms with Crippen LogP contribution >= 0.6 is 15.9 Å². The van der Waals surface area contributed by atoms with E-state index < -0.39 is 0 Å². The molecule has 1 N–H and O–H groups in total. The topological polar surface area (TPSA) is 32.7 Å². The van der Waals surface area contributed by atoms with E-state index in [9.17, 15) is 5.11 Å². The van der Waals surface area contributed by atoms with Gasteiger partial charge >= 0.3 is 0 Å². The lowest BCUT2D eigenvalue weighted by molar-refractivity contribution is 0.175. The van der Waals surface area contributed by atoms with Crippen molar-refractivity contribution in [3.05, 3.63) is 28.2 Å². The minimum atomic E-state index is -0.0992. The molecule has 1 aromatic rings. The molecule has 0 bridgehead atoms. The number of β-amino-alcohol motifs (C(OH)–C–C–N with tert-alkyl or cyclic N) is 1. The number of hydrogen-bond acceptors (Lipinski definition) is 3. The van der Waals surface area contributed by atoms with E-state index in [0.29, 0.717) is 0 Å². The summed E-state index contributed by atoms with van der Waals surface area (Å²) in [6.45, 7) is 5.85. The summed E-state index contributed by atoms with van der Waals surface area (Å²) in [4.78, 5) is 2.35. The van der Waals surface area contributed by atoms with Crippen molar-refractivity contribution in [1.82, 2.24) is 4.90 Å². The average Bonchev–Trinajstić information content (AvgIpc) is 2.84. The van der Waals surface area contributed by atoms with Crippen LogP contribution in [0.3, 0.4) is 0 Å². The summed E-state index contributed by atoms with van der Waals surface area (Å²) < 4.78 is 6.92. The van der Waals surface area contributed by atoms with Crippen molar-refractivity contribution < 1.29 is 9.84 Å². The van der Waals surface area contributed by atoms with Crippen LogP contribution in [0.4, 0.5) is 0 Å². The Kier molecular flexibility index (Phi) is 6.33. The zero-order valence-electron chi connectivity index (χ0n) is 12.1. The second-order valence-corrected chi connectivity index (χ2v) is 6.37. The van der Waals surface area contributed by atoms with Gasteiger partial charge in [-0.3, -0.25) is 0 Å². The van der Waals surface area contributed by atoms with Gasteiger partial charge in [-0.1, -0.05) is 22.0 Å².